The maximum Gasteiger partial charge on any atom is 0.206 e. The summed E-state index contributed by atoms with van der Waals surface area (Å²) in [5, 5.41) is 3.17. The first-order valence-corrected chi connectivity index (χ1v) is 6.38. The molecule has 0 radical (unpaired) electrons. The minimum absolute atomic E-state index is 0.102. The summed E-state index contributed by atoms with van der Waals surface area (Å²) >= 11 is 7.41. The Bertz CT molecular complexity index is 369. The second-order valence-corrected chi connectivity index (χ2v) is 5.12. The summed E-state index contributed by atoms with van der Waals surface area (Å²) < 4.78 is 5.68. The first kappa shape index (κ1) is 14.2. The molecule has 1 aromatic heterocycles. The van der Waals surface area contributed by atoms with Gasteiger partial charge in [-0.05, 0) is 19.1 Å². The van der Waals surface area contributed by atoms with E-state index in [1.54, 1.807) is 7.11 Å². The van der Waals surface area contributed by atoms with Gasteiger partial charge in [-0.3, -0.25) is 5.43 Å². The number of halogens is 1. The summed E-state index contributed by atoms with van der Waals surface area (Å²) in [5.41, 5.74) is 2.52. The van der Waals surface area contributed by atoms with Gasteiger partial charge in [0.25, 0.3) is 0 Å². The number of rotatable bonds is 5. The smallest absolute Gasteiger partial charge is 0.206 e. The molecule has 7 heteroatoms. The monoisotopic (exact) mass is 276 g/mol. The Balaban J connectivity index is 2.53. The van der Waals surface area contributed by atoms with Crippen molar-refractivity contribution in [2.24, 2.45) is 10.8 Å². The van der Waals surface area contributed by atoms with Crippen LogP contribution in [0.4, 0.5) is 0 Å². The van der Waals surface area contributed by atoms with Crippen molar-refractivity contribution < 1.29 is 4.74 Å². The highest BCUT2D eigenvalue weighted by Gasteiger charge is 2.09. The molecule has 0 bridgehead atoms. The lowest BCUT2D eigenvalue weighted by molar-refractivity contribution is 0.208. The van der Waals surface area contributed by atoms with Crippen LogP contribution in [-0.4, -0.2) is 26.2 Å². The van der Waals surface area contributed by atoms with Gasteiger partial charge in [-0.15, -0.1) is 11.3 Å². The molecule has 1 rings (SSSR count). The third kappa shape index (κ3) is 4.91. The van der Waals surface area contributed by atoms with E-state index >= 15 is 0 Å². The number of nitrogens with two attached hydrogens (primary N) is 1. The number of guanidine groups is 1. The quantitative estimate of drug-likeness (QED) is 0.251. The third-order valence-electron chi connectivity index (χ3n) is 2.08. The zero-order valence-electron chi connectivity index (χ0n) is 9.87. The van der Waals surface area contributed by atoms with Crippen molar-refractivity contribution in [1.29, 1.82) is 0 Å². The summed E-state index contributed by atoms with van der Waals surface area (Å²) in [5.74, 6) is 5.92. The molecule has 0 saturated heterocycles. The fourth-order valence-corrected chi connectivity index (χ4v) is 2.28. The van der Waals surface area contributed by atoms with Crippen molar-refractivity contribution in [2.45, 2.75) is 13.0 Å². The van der Waals surface area contributed by atoms with Gasteiger partial charge in [-0.2, -0.15) is 0 Å². The zero-order chi connectivity index (χ0) is 12.7. The average Bonchev–Trinajstić information content (AvgIpc) is 2.74. The summed E-state index contributed by atoms with van der Waals surface area (Å²) in [6.45, 7) is 3.14. The van der Waals surface area contributed by atoms with E-state index in [1.807, 2.05) is 19.1 Å². The second-order valence-electron chi connectivity index (χ2n) is 3.38. The fraction of sp³-hybridized carbons (Fsp3) is 0.500. The molecule has 1 heterocycles. The fourth-order valence-electron chi connectivity index (χ4n) is 1.22. The number of hydrazine groups is 1. The van der Waals surface area contributed by atoms with E-state index in [0.717, 1.165) is 9.21 Å². The van der Waals surface area contributed by atoms with Gasteiger partial charge >= 0.3 is 0 Å². The standard InChI is InChI=1S/C10H17ClN4OS/c1-7(8-3-4-9(11)17-8)14-10(15-12)13-5-6-16-2/h3-4,7H,5-6,12H2,1-2H3,(H2,13,14,15). The molecule has 0 aromatic carbocycles. The highest BCUT2D eigenvalue weighted by atomic mass is 35.5. The van der Waals surface area contributed by atoms with Gasteiger partial charge in [-0.1, -0.05) is 11.6 Å². The van der Waals surface area contributed by atoms with E-state index < -0.39 is 0 Å². The van der Waals surface area contributed by atoms with Crippen LogP contribution in [0.1, 0.15) is 17.8 Å². The molecular formula is C10H17ClN4OS. The summed E-state index contributed by atoms with van der Waals surface area (Å²) in [7, 11) is 1.63. The van der Waals surface area contributed by atoms with Gasteiger partial charge < -0.3 is 10.1 Å². The molecule has 0 fully saturated rings. The molecular weight excluding hydrogens is 260 g/mol. The van der Waals surface area contributed by atoms with Crippen molar-refractivity contribution in [3.05, 3.63) is 21.3 Å². The number of nitrogens with one attached hydrogen (secondary N) is 2. The third-order valence-corrected chi connectivity index (χ3v) is 3.49. The average molecular weight is 277 g/mol. The highest BCUT2D eigenvalue weighted by molar-refractivity contribution is 7.16. The molecule has 1 atom stereocenters. The van der Waals surface area contributed by atoms with Gasteiger partial charge in [0.05, 0.1) is 23.5 Å². The lowest BCUT2D eigenvalue weighted by Gasteiger charge is -2.15. The van der Waals surface area contributed by atoms with Crippen LogP contribution in [-0.2, 0) is 4.74 Å². The molecule has 0 aliphatic heterocycles. The second kappa shape index (κ2) is 7.50. The van der Waals surface area contributed by atoms with Crippen molar-refractivity contribution in [3.63, 3.8) is 0 Å². The van der Waals surface area contributed by atoms with Crippen molar-refractivity contribution in [1.82, 2.24) is 10.7 Å². The number of methoxy groups -OCH3 is 1. The van der Waals surface area contributed by atoms with Crippen LogP contribution in [0.2, 0.25) is 4.34 Å². The Morgan fingerprint density at radius 1 is 1.65 bits per heavy atom. The van der Waals surface area contributed by atoms with Crippen LogP contribution in [0.5, 0.6) is 0 Å². The molecule has 0 aliphatic rings. The van der Waals surface area contributed by atoms with Crippen molar-refractivity contribution in [3.8, 4) is 0 Å². The van der Waals surface area contributed by atoms with Crippen LogP contribution in [0, 0.1) is 0 Å². The lowest BCUT2D eigenvalue weighted by Crippen LogP contribution is -2.42. The maximum atomic E-state index is 5.88. The van der Waals surface area contributed by atoms with E-state index in [1.165, 1.54) is 11.3 Å². The van der Waals surface area contributed by atoms with E-state index in [2.05, 4.69) is 15.7 Å². The summed E-state index contributed by atoms with van der Waals surface area (Å²) in [6.07, 6.45) is 0. The van der Waals surface area contributed by atoms with Crippen LogP contribution in [0.15, 0.2) is 17.1 Å². The number of hydrogen-bond donors (Lipinski definition) is 3. The lowest BCUT2D eigenvalue weighted by atomic mass is 10.3. The first-order valence-electron chi connectivity index (χ1n) is 5.19. The highest BCUT2D eigenvalue weighted by Crippen LogP contribution is 2.26. The van der Waals surface area contributed by atoms with E-state index in [9.17, 15) is 0 Å². The van der Waals surface area contributed by atoms with Gasteiger partial charge in [0.1, 0.15) is 0 Å². The van der Waals surface area contributed by atoms with Crippen molar-refractivity contribution >= 4 is 28.9 Å². The van der Waals surface area contributed by atoms with Gasteiger partial charge in [0, 0.05) is 12.0 Å². The van der Waals surface area contributed by atoms with Crippen molar-refractivity contribution in [2.75, 3.05) is 20.3 Å². The van der Waals surface area contributed by atoms with Crippen LogP contribution in [0.25, 0.3) is 0 Å². The molecule has 1 unspecified atom stereocenters. The van der Waals surface area contributed by atoms with Gasteiger partial charge in [0.2, 0.25) is 5.96 Å². The van der Waals surface area contributed by atoms with E-state index in [0.29, 0.717) is 19.1 Å². The normalized spacial score (nSPS) is 13.5. The number of nitrogens with zero attached hydrogens (tertiary/aromatic N) is 1. The largest absolute Gasteiger partial charge is 0.383 e. The topological polar surface area (TPSA) is 71.7 Å². The molecule has 96 valence electrons. The number of ether oxygens (including phenoxy) is 1. The molecule has 4 N–H and O–H groups in total. The van der Waals surface area contributed by atoms with Crippen LogP contribution >= 0.6 is 22.9 Å². The number of thiophene rings is 1. The Hall–Kier alpha value is -0.820. The van der Waals surface area contributed by atoms with E-state index in [-0.39, 0.29) is 6.04 Å². The summed E-state index contributed by atoms with van der Waals surface area (Å²) in [6, 6.07) is 3.95. The molecule has 5 nitrogen and oxygen atoms in total. The van der Waals surface area contributed by atoms with Crippen LogP contribution < -0.4 is 16.6 Å². The van der Waals surface area contributed by atoms with Gasteiger partial charge in [-0.25, -0.2) is 10.8 Å². The molecule has 0 amide bonds. The first-order chi connectivity index (χ1) is 8.17. The number of aliphatic imine (C=N–C) groups is 1. The van der Waals surface area contributed by atoms with Gasteiger partial charge in [0.15, 0.2) is 0 Å². The van der Waals surface area contributed by atoms with Crippen LogP contribution in [0.3, 0.4) is 0 Å². The predicted molar refractivity (Wildman–Crippen MR) is 72.4 cm³/mol. The summed E-state index contributed by atoms with van der Waals surface area (Å²) in [4.78, 5) is 5.35. The zero-order valence-corrected chi connectivity index (χ0v) is 11.4. The molecule has 0 spiro atoms. The Kier molecular flexibility index (Phi) is 6.28. The molecule has 17 heavy (non-hydrogen) atoms. The molecule has 0 aliphatic carbocycles. The minimum atomic E-state index is 0.102. The maximum absolute atomic E-state index is 5.88. The Morgan fingerprint density at radius 3 is 2.94 bits per heavy atom. The SMILES string of the molecule is COCCN=C(NN)NC(C)c1ccc(Cl)s1. The Labute approximate surface area is 110 Å². The molecule has 1 aromatic rings. The Morgan fingerprint density at radius 2 is 2.41 bits per heavy atom. The number of hydrogen-bond acceptors (Lipinski definition) is 4. The minimum Gasteiger partial charge on any atom is -0.383 e. The van der Waals surface area contributed by atoms with E-state index in [4.69, 9.17) is 22.2 Å². The molecule has 0 saturated carbocycles. The predicted octanol–water partition coefficient (Wildman–Crippen LogP) is 1.52.